The third kappa shape index (κ3) is 3.10. The molecule has 0 spiro atoms. The number of rotatable bonds is 3. The molecular formula is C13H11BrO. The molecule has 0 fully saturated rings. The zero-order chi connectivity index (χ0) is 11.4. The molecule has 0 unspecified atom stereocenters. The standard InChI is InChI=1S/C13H11BrO/c14-12-7-4-8-13(9-12)15-10-11-5-2-1-3-6-11/h1-9H,10H2/i4D. The van der Waals surface area contributed by atoms with Crippen molar-refractivity contribution >= 4 is 15.9 Å². The summed E-state index contributed by atoms with van der Waals surface area (Å²) in [6.45, 7) is 0.525. The Morgan fingerprint density at radius 1 is 1.13 bits per heavy atom. The number of hydrogen-bond donors (Lipinski definition) is 0. The summed E-state index contributed by atoms with van der Waals surface area (Å²) in [6.07, 6.45) is 0. The largest absolute Gasteiger partial charge is 0.489 e. The first-order valence-corrected chi connectivity index (χ1v) is 5.47. The van der Waals surface area contributed by atoms with Crippen molar-refractivity contribution in [1.29, 1.82) is 0 Å². The molecule has 0 N–H and O–H groups in total. The van der Waals surface area contributed by atoms with E-state index in [0.717, 1.165) is 10.0 Å². The van der Waals surface area contributed by atoms with Gasteiger partial charge >= 0.3 is 0 Å². The molecule has 0 heterocycles. The van der Waals surface area contributed by atoms with Crippen LogP contribution in [0.3, 0.4) is 0 Å². The highest BCUT2D eigenvalue weighted by molar-refractivity contribution is 9.10. The van der Waals surface area contributed by atoms with Crippen molar-refractivity contribution in [3.05, 3.63) is 64.6 Å². The second kappa shape index (κ2) is 4.99. The molecule has 0 saturated carbocycles. The predicted octanol–water partition coefficient (Wildman–Crippen LogP) is 4.03. The van der Waals surface area contributed by atoms with Gasteiger partial charge in [-0.1, -0.05) is 52.3 Å². The fraction of sp³-hybridized carbons (Fsp3) is 0.0769. The SMILES string of the molecule is [2H]c1cc(Br)cc(OCc2ccccc2)c1. The van der Waals surface area contributed by atoms with E-state index >= 15 is 0 Å². The number of hydrogen-bond acceptors (Lipinski definition) is 1. The van der Waals surface area contributed by atoms with Gasteiger partial charge in [0.05, 0.1) is 1.37 Å². The second-order valence-electron chi connectivity index (χ2n) is 3.16. The highest BCUT2D eigenvalue weighted by Crippen LogP contribution is 2.18. The minimum Gasteiger partial charge on any atom is -0.489 e. The Morgan fingerprint density at radius 2 is 1.93 bits per heavy atom. The molecule has 0 aromatic heterocycles. The first-order valence-electron chi connectivity index (χ1n) is 5.18. The van der Waals surface area contributed by atoms with Crippen molar-refractivity contribution in [2.24, 2.45) is 0 Å². The maximum Gasteiger partial charge on any atom is 0.120 e. The molecule has 0 bridgehead atoms. The summed E-state index contributed by atoms with van der Waals surface area (Å²) >= 11 is 3.34. The Hall–Kier alpha value is -1.28. The average Bonchev–Trinajstić information content (AvgIpc) is 2.27. The van der Waals surface area contributed by atoms with Gasteiger partial charge in [0, 0.05) is 4.47 Å². The van der Waals surface area contributed by atoms with Gasteiger partial charge in [0.1, 0.15) is 12.4 Å². The van der Waals surface area contributed by atoms with Crippen LogP contribution in [0.15, 0.2) is 59.0 Å². The lowest BCUT2D eigenvalue weighted by Crippen LogP contribution is -1.94. The van der Waals surface area contributed by atoms with E-state index in [1.807, 2.05) is 36.4 Å². The molecule has 2 aromatic carbocycles. The third-order valence-corrected chi connectivity index (χ3v) is 2.43. The van der Waals surface area contributed by atoms with Crippen LogP contribution < -0.4 is 4.74 Å². The lowest BCUT2D eigenvalue weighted by atomic mass is 10.2. The van der Waals surface area contributed by atoms with Crippen molar-refractivity contribution in [1.82, 2.24) is 0 Å². The van der Waals surface area contributed by atoms with E-state index < -0.39 is 0 Å². The summed E-state index contributed by atoms with van der Waals surface area (Å²) < 4.78 is 14.0. The molecule has 0 aliphatic heterocycles. The molecule has 76 valence electrons. The first kappa shape index (κ1) is 8.98. The molecule has 0 aliphatic carbocycles. The van der Waals surface area contributed by atoms with Gasteiger partial charge in [-0.3, -0.25) is 0 Å². The van der Waals surface area contributed by atoms with Crippen molar-refractivity contribution in [3.8, 4) is 5.75 Å². The van der Waals surface area contributed by atoms with E-state index in [4.69, 9.17) is 6.11 Å². The molecule has 1 nitrogen and oxygen atoms in total. The molecule has 0 amide bonds. The van der Waals surface area contributed by atoms with Crippen LogP contribution in [0.5, 0.6) is 5.75 Å². The zero-order valence-corrected chi connectivity index (χ0v) is 9.70. The van der Waals surface area contributed by atoms with Crippen LogP contribution in [0, 0.1) is 0 Å². The molecule has 0 saturated heterocycles. The Labute approximate surface area is 99.2 Å². The van der Waals surface area contributed by atoms with E-state index in [-0.39, 0.29) is 0 Å². The fourth-order valence-electron chi connectivity index (χ4n) is 1.25. The molecule has 15 heavy (non-hydrogen) atoms. The quantitative estimate of drug-likeness (QED) is 0.813. The van der Waals surface area contributed by atoms with Crippen LogP contribution in [0.2, 0.25) is 0 Å². The fourth-order valence-corrected chi connectivity index (χ4v) is 1.60. The van der Waals surface area contributed by atoms with Crippen LogP contribution in [0.25, 0.3) is 0 Å². The smallest absolute Gasteiger partial charge is 0.120 e. The van der Waals surface area contributed by atoms with Crippen LogP contribution in [-0.4, -0.2) is 0 Å². The van der Waals surface area contributed by atoms with Gasteiger partial charge in [0.25, 0.3) is 0 Å². The van der Waals surface area contributed by atoms with E-state index in [0.29, 0.717) is 18.4 Å². The Balaban J connectivity index is 2.05. The zero-order valence-electron chi connectivity index (χ0n) is 9.11. The molecule has 2 rings (SSSR count). The Bertz CT molecular complexity index is 450. The summed E-state index contributed by atoms with van der Waals surface area (Å²) in [6, 6.07) is 15.7. The first-order chi connectivity index (χ1) is 7.74. The van der Waals surface area contributed by atoms with Gasteiger partial charge in [-0.15, -0.1) is 0 Å². The topological polar surface area (TPSA) is 9.23 Å². The molecule has 2 heteroatoms. The van der Waals surface area contributed by atoms with E-state index in [2.05, 4.69) is 15.9 Å². The molecule has 2 aromatic rings. The van der Waals surface area contributed by atoms with Gasteiger partial charge in [-0.05, 0) is 23.8 Å². The van der Waals surface area contributed by atoms with Crippen molar-refractivity contribution in [3.63, 3.8) is 0 Å². The lowest BCUT2D eigenvalue weighted by Gasteiger charge is -2.06. The summed E-state index contributed by atoms with van der Waals surface area (Å²) in [5.74, 6) is 0.711. The number of ether oxygens (including phenoxy) is 1. The normalized spacial score (nSPS) is 10.9. The van der Waals surface area contributed by atoms with Crippen molar-refractivity contribution in [2.45, 2.75) is 6.61 Å². The van der Waals surface area contributed by atoms with E-state index in [9.17, 15) is 0 Å². The van der Waals surface area contributed by atoms with E-state index in [1.54, 1.807) is 12.1 Å². The van der Waals surface area contributed by atoms with Gasteiger partial charge in [0.2, 0.25) is 0 Å². The average molecular weight is 264 g/mol. The summed E-state index contributed by atoms with van der Waals surface area (Å²) in [5.41, 5.74) is 1.12. The highest BCUT2D eigenvalue weighted by Gasteiger charge is 1.95. The maximum absolute atomic E-state index is 7.55. The minimum absolute atomic E-state index is 0.442. The van der Waals surface area contributed by atoms with Crippen LogP contribution in [0.1, 0.15) is 6.93 Å². The predicted molar refractivity (Wildman–Crippen MR) is 64.9 cm³/mol. The Kier molecular flexibility index (Phi) is 2.99. The molecule has 0 aliphatic rings. The van der Waals surface area contributed by atoms with E-state index in [1.165, 1.54) is 0 Å². The van der Waals surface area contributed by atoms with Gasteiger partial charge in [-0.2, -0.15) is 0 Å². The number of halogens is 1. The number of benzene rings is 2. The summed E-state index contributed by atoms with van der Waals surface area (Å²) in [7, 11) is 0. The van der Waals surface area contributed by atoms with Gasteiger partial charge in [-0.25, -0.2) is 0 Å². The second-order valence-corrected chi connectivity index (χ2v) is 4.08. The monoisotopic (exact) mass is 263 g/mol. The molecular weight excluding hydrogens is 252 g/mol. The highest BCUT2D eigenvalue weighted by atomic mass is 79.9. The molecule has 0 atom stereocenters. The summed E-state index contributed by atoms with van der Waals surface area (Å²) in [5, 5.41) is 0. The van der Waals surface area contributed by atoms with Gasteiger partial charge < -0.3 is 4.74 Å². The van der Waals surface area contributed by atoms with Crippen LogP contribution >= 0.6 is 15.9 Å². The van der Waals surface area contributed by atoms with Crippen LogP contribution in [-0.2, 0) is 6.61 Å². The van der Waals surface area contributed by atoms with Crippen molar-refractivity contribution < 1.29 is 6.11 Å². The third-order valence-electron chi connectivity index (χ3n) is 1.98. The molecule has 0 radical (unpaired) electrons. The van der Waals surface area contributed by atoms with Crippen LogP contribution in [0.4, 0.5) is 0 Å². The van der Waals surface area contributed by atoms with Crippen molar-refractivity contribution in [2.75, 3.05) is 0 Å². The minimum atomic E-state index is 0.442. The van der Waals surface area contributed by atoms with Gasteiger partial charge in [0.15, 0.2) is 0 Å². The maximum atomic E-state index is 7.55. The summed E-state index contributed by atoms with van der Waals surface area (Å²) in [4.78, 5) is 0. The Morgan fingerprint density at radius 3 is 2.67 bits per heavy atom. The lowest BCUT2D eigenvalue weighted by molar-refractivity contribution is 0.306.